The molecular weight excluding hydrogens is 250 g/mol. The van der Waals surface area contributed by atoms with Crippen molar-refractivity contribution >= 4 is 17.5 Å². The van der Waals surface area contributed by atoms with Gasteiger partial charge in [0.1, 0.15) is 0 Å². The number of aliphatic hydroxyl groups excluding tert-OH is 1. The number of fused-ring (bicyclic) bond motifs is 1. The molecule has 2 fully saturated rings. The number of hydrogen-bond acceptors (Lipinski definition) is 2. The van der Waals surface area contributed by atoms with E-state index < -0.39 is 0 Å². The minimum Gasteiger partial charge on any atom is -0.393 e. The van der Waals surface area contributed by atoms with Gasteiger partial charge in [0.25, 0.3) is 5.91 Å². The van der Waals surface area contributed by atoms with Crippen molar-refractivity contribution in [2.45, 2.75) is 18.9 Å². The third-order valence-electron chi connectivity index (χ3n) is 4.20. The van der Waals surface area contributed by atoms with Gasteiger partial charge >= 0.3 is 0 Å². The largest absolute Gasteiger partial charge is 0.393 e. The average molecular weight is 266 g/mol. The monoisotopic (exact) mass is 265 g/mol. The van der Waals surface area contributed by atoms with Crippen molar-refractivity contribution in [2.75, 3.05) is 6.54 Å². The van der Waals surface area contributed by atoms with Gasteiger partial charge in [-0.15, -0.1) is 0 Å². The average Bonchev–Trinajstić information content (AvgIpc) is 2.81. The van der Waals surface area contributed by atoms with Gasteiger partial charge in [0, 0.05) is 17.1 Å². The SMILES string of the molecule is O=C(NCC1[C@H]2C[C@H](O)C[C@@H]12)c1ccc(Cl)cc1. The van der Waals surface area contributed by atoms with Crippen LogP contribution in [0.3, 0.4) is 0 Å². The Balaban J connectivity index is 1.50. The van der Waals surface area contributed by atoms with Gasteiger partial charge in [0.05, 0.1) is 6.10 Å². The molecule has 4 heteroatoms. The number of carbonyl (C=O) groups excluding carboxylic acids is 1. The number of benzene rings is 1. The zero-order chi connectivity index (χ0) is 12.7. The van der Waals surface area contributed by atoms with Crippen LogP contribution in [0.2, 0.25) is 5.02 Å². The van der Waals surface area contributed by atoms with Crippen LogP contribution in [0.25, 0.3) is 0 Å². The summed E-state index contributed by atoms with van der Waals surface area (Å²) >= 11 is 5.78. The van der Waals surface area contributed by atoms with Crippen LogP contribution in [0.15, 0.2) is 24.3 Å². The standard InChI is InChI=1S/C14H16ClNO2/c15-9-3-1-8(2-4-9)14(18)16-7-13-11-5-10(17)6-12(11)13/h1-4,10-13,17H,5-7H2,(H,16,18)/t10-,11-,12+,13?. The Morgan fingerprint density at radius 3 is 2.50 bits per heavy atom. The molecule has 0 aromatic heterocycles. The third kappa shape index (κ3) is 2.25. The van der Waals surface area contributed by atoms with E-state index in [-0.39, 0.29) is 12.0 Å². The van der Waals surface area contributed by atoms with Crippen LogP contribution in [0, 0.1) is 17.8 Å². The molecule has 3 nitrogen and oxygen atoms in total. The summed E-state index contributed by atoms with van der Waals surface area (Å²) < 4.78 is 0. The van der Waals surface area contributed by atoms with Crippen LogP contribution in [-0.4, -0.2) is 23.7 Å². The molecular formula is C14H16ClNO2. The number of hydrogen-bond donors (Lipinski definition) is 2. The lowest BCUT2D eigenvalue weighted by Crippen LogP contribution is -2.27. The molecule has 1 unspecified atom stereocenters. The smallest absolute Gasteiger partial charge is 0.251 e. The second kappa shape index (κ2) is 4.56. The second-order valence-electron chi connectivity index (χ2n) is 5.33. The Bertz CT molecular complexity index is 447. The molecule has 0 aliphatic heterocycles. The molecule has 0 spiro atoms. The summed E-state index contributed by atoms with van der Waals surface area (Å²) in [5, 5.41) is 13.0. The molecule has 2 aliphatic rings. The maximum atomic E-state index is 11.9. The topological polar surface area (TPSA) is 49.3 Å². The van der Waals surface area contributed by atoms with Crippen molar-refractivity contribution in [1.82, 2.24) is 5.32 Å². The van der Waals surface area contributed by atoms with E-state index in [0.717, 1.165) is 19.4 Å². The van der Waals surface area contributed by atoms with E-state index >= 15 is 0 Å². The highest BCUT2D eigenvalue weighted by Gasteiger charge is 2.55. The van der Waals surface area contributed by atoms with Crippen LogP contribution in [0.1, 0.15) is 23.2 Å². The van der Waals surface area contributed by atoms with Crippen molar-refractivity contribution in [3.63, 3.8) is 0 Å². The van der Waals surface area contributed by atoms with Crippen molar-refractivity contribution in [3.8, 4) is 0 Å². The van der Waals surface area contributed by atoms with E-state index in [0.29, 0.717) is 28.3 Å². The Morgan fingerprint density at radius 1 is 1.28 bits per heavy atom. The lowest BCUT2D eigenvalue weighted by Gasteiger charge is -2.09. The Hall–Kier alpha value is -1.06. The van der Waals surface area contributed by atoms with Crippen molar-refractivity contribution in [1.29, 1.82) is 0 Å². The molecule has 4 atom stereocenters. The van der Waals surface area contributed by atoms with Crippen LogP contribution in [0.4, 0.5) is 0 Å². The summed E-state index contributed by atoms with van der Waals surface area (Å²) in [6.07, 6.45) is 1.71. The van der Waals surface area contributed by atoms with Gasteiger partial charge in [0.15, 0.2) is 0 Å². The predicted molar refractivity (Wildman–Crippen MR) is 69.5 cm³/mol. The molecule has 96 valence electrons. The maximum absolute atomic E-state index is 11.9. The molecule has 2 N–H and O–H groups in total. The number of aliphatic hydroxyl groups is 1. The van der Waals surface area contributed by atoms with Gasteiger partial charge in [-0.2, -0.15) is 0 Å². The quantitative estimate of drug-likeness (QED) is 0.879. The Morgan fingerprint density at radius 2 is 1.89 bits per heavy atom. The van der Waals surface area contributed by atoms with Gasteiger partial charge in [-0.25, -0.2) is 0 Å². The molecule has 2 saturated carbocycles. The zero-order valence-corrected chi connectivity index (χ0v) is 10.7. The van der Waals surface area contributed by atoms with Crippen molar-refractivity contribution in [2.24, 2.45) is 17.8 Å². The van der Waals surface area contributed by atoms with Gasteiger partial charge in [-0.1, -0.05) is 11.6 Å². The number of nitrogens with one attached hydrogen (secondary N) is 1. The second-order valence-corrected chi connectivity index (χ2v) is 5.77. The van der Waals surface area contributed by atoms with Gasteiger partial charge in [0.2, 0.25) is 0 Å². The predicted octanol–water partition coefficient (Wildman–Crippen LogP) is 2.09. The van der Waals surface area contributed by atoms with Crippen LogP contribution in [-0.2, 0) is 0 Å². The summed E-state index contributed by atoms with van der Waals surface area (Å²) in [7, 11) is 0. The molecule has 18 heavy (non-hydrogen) atoms. The highest BCUT2D eigenvalue weighted by molar-refractivity contribution is 6.30. The first kappa shape index (κ1) is 12.0. The molecule has 1 amide bonds. The fourth-order valence-electron chi connectivity index (χ4n) is 3.16. The minimum atomic E-state index is -0.108. The molecule has 0 saturated heterocycles. The molecule has 1 aromatic carbocycles. The van der Waals surface area contributed by atoms with Crippen LogP contribution >= 0.6 is 11.6 Å². The summed E-state index contributed by atoms with van der Waals surface area (Å²) in [5.74, 6) is 1.79. The van der Waals surface area contributed by atoms with Crippen molar-refractivity contribution in [3.05, 3.63) is 34.9 Å². The Kier molecular flexibility index (Phi) is 3.04. The van der Waals surface area contributed by atoms with Crippen LogP contribution < -0.4 is 5.32 Å². The fraction of sp³-hybridized carbons (Fsp3) is 0.500. The van der Waals surface area contributed by atoms with E-state index in [9.17, 15) is 9.90 Å². The summed E-state index contributed by atoms with van der Waals surface area (Å²) in [6, 6.07) is 6.90. The first-order valence-corrected chi connectivity index (χ1v) is 6.75. The lowest BCUT2D eigenvalue weighted by atomic mass is 10.1. The lowest BCUT2D eigenvalue weighted by molar-refractivity contribution is 0.0948. The molecule has 0 bridgehead atoms. The summed E-state index contributed by atoms with van der Waals surface area (Å²) in [5.41, 5.74) is 0.644. The first-order chi connectivity index (χ1) is 8.65. The number of rotatable bonds is 3. The van der Waals surface area contributed by atoms with E-state index in [1.807, 2.05) is 0 Å². The Labute approximate surface area is 111 Å². The number of halogens is 1. The zero-order valence-electron chi connectivity index (χ0n) is 9.97. The first-order valence-electron chi connectivity index (χ1n) is 6.37. The van der Waals surface area contributed by atoms with E-state index in [1.165, 1.54) is 0 Å². The van der Waals surface area contributed by atoms with E-state index in [4.69, 9.17) is 11.6 Å². The molecule has 0 radical (unpaired) electrons. The third-order valence-corrected chi connectivity index (χ3v) is 4.45. The summed E-state index contributed by atoms with van der Waals surface area (Å²) in [6.45, 7) is 0.726. The highest BCUT2D eigenvalue weighted by Crippen LogP contribution is 2.57. The van der Waals surface area contributed by atoms with Crippen molar-refractivity contribution < 1.29 is 9.90 Å². The molecule has 2 aliphatic carbocycles. The fourth-order valence-corrected chi connectivity index (χ4v) is 3.29. The van der Waals surface area contributed by atoms with Gasteiger partial charge in [-0.05, 0) is 54.9 Å². The number of amides is 1. The van der Waals surface area contributed by atoms with Gasteiger partial charge < -0.3 is 10.4 Å². The molecule has 1 aromatic rings. The van der Waals surface area contributed by atoms with Crippen LogP contribution in [0.5, 0.6) is 0 Å². The maximum Gasteiger partial charge on any atom is 0.251 e. The molecule has 3 rings (SSSR count). The van der Waals surface area contributed by atoms with E-state index in [1.54, 1.807) is 24.3 Å². The van der Waals surface area contributed by atoms with E-state index in [2.05, 4.69) is 5.32 Å². The minimum absolute atomic E-state index is 0.0443. The van der Waals surface area contributed by atoms with Gasteiger partial charge in [-0.3, -0.25) is 4.79 Å². The molecule has 0 heterocycles. The summed E-state index contributed by atoms with van der Waals surface area (Å²) in [4.78, 5) is 11.9. The highest BCUT2D eigenvalue weighted by atomic mass is 35.5. The number of carbonyl (C=O) groups is 1. The normalized spacial score (nSPS) is 33.0.